The summed E-state index contributed by atoms with van der Waals surface area (Å²) in [5.41, 5.74) is 0. The second kappa shape index (κ2) is 8.52. The maximum absolute atomic E-state index is 11.7. The fraction of sp³-hybridized carbons (Fsp3) is 0.769. The van der Waals surface area contributed by atoms with E-state index in [1.54, 1.807) is 18.9 Å². The minimum absolute atomic E-state index is 0.0295. The Balaban J connectivity index is 2.39. The summed E-state index contributed by atoms with van der Waals surface area (Å²) < 4.78 is 9.68. The lowest BCUT2D eigenvalue weighted by molar-refractivity contribution is -0.150. The van der Waals surface area contributed by atoms with E-state index in [0.29, 0.717) is 39.3 Å². The molecule has 0 aromatic carbocycles. The molecule has 1 aliphatic heterocycles. The van der Waals surface area contributed by atoms with Gasteiger partial charge in [0.25, 0.3) is 0 Å². The second-order valence-corrected chi connectivity index (χ2v) is 4.33. The van der Waals surface area contributed by atoms with Gasteiger partial charge in [0.2, 0.25) is 5.91 Å². The average Bonchev–Trinajstić information content (AvgIpc) is 2.75. The van der Waals surface area contributed by atoms with Crippen LogP contribution >= 0.6 is 0 Å². The van der Waals surface area contributed by atoms with E-state index >= 15 is 0 Å². The smallest absolute Gasteiger partial charge is 0.307 e. The van der Waals surface area contributed by atoms with Gasteiger partial charge in [-0.1, -0.05) is 0 Å². The van der Waals surface area contributed by atoms with E-state index in [1.165, 1.54) is 5.01 Å². The van der Waals surface area contributed by atoms with Crippen molar-refractivity contribution >= 4 is 17.8 Å². The van der Waals surface area contributed by atoms with Crippen molar-refractivity contribution in [3.8, 4) is 0 Å². The topological polar surface area (TPSA) is 76.2 Å². The molecule has 1 saturated heterocycles. The molecule has 0 radical (unpaired) electrons. The number of carbonyl (C=O) groups excluding carboxylic acids is 3. The fourth-order valence-corrected chi connectivity index (χ4v) is 2.01. The molecular weight excluding hydrogens is 264 g/mol. The van der Waals surface area contributed by atoms with Gasteiger partial charge in [-0.3, -0.25) is 19.4 Å². The van der Waals surface area contributed by atoms with Gasteiger partial charge in [0.15, 0.2) is 0 Å². The number of rotatable bonds is 8. The summed E-state index contributed by atoms with van der Waals surface area (Å²) >= 11 is 0. The van der Waals surface area contributed by atoms with Crippen LogP contribution in [0, 0.1) is 0 Å². The van der Waals surface area contributed by atoms with Crippen molar-refractivity contribution in [1.29, 1.82) is 0 Å². The van der Waals surface area contributed by atoms with E-state index in [4.69, 9.17) is 9.47 Å². The van der Waals surface area contributed by atoms with Crippen molar-refractivity contribution in [3.63, 3.8) is 0 Å². The van der Waals surface area contributed by atoms with Crippen molar-refractivity contribution in [3.05, 3.63) is 0 Å². The molecule has 7 nitrogen and oxygen atoms in total. The highest BCUT2D eigenvalue weighted by Gasteiger charge is 2.29. The number of hydrazine groups is 1. The Bertz CT molecular complexity index is 359. The van der Waals surface area contributed by atoms with Crippen LogP contribution in [-0.2, 0) is 23.9 Å². The van der Waals surface area contributed by atoms with Gasteiger partial charge in [0.05, 0.1) is 26.1 Å². The Hall–Kier alpha value is -1.63. The molecule has 1 fully saturated rings. The number of nitrogens with zero attached hydrogens (tertiary/aromatic N) is 2. The molecule has 1 rings (SSSR count). The van der Waals surface area contributed by atoms with Crippen molar-refractivity contribution in [2.75, 3.05) is 32.8 Å². The molecule has 0 aromatic heterocycles. The first-order valence-corrected chi connectivity index (χ1v) is 6.95. The molecule has 0 atom stereocenters. The van der Waals surface area contributed by atoms with Gasteiger partial charge < -0.3 is 9.47 Å². The van der Waals surface area contributed by atoms with Crippen LogP contribution in [0.25, 0.3) is 0 Å². The zero-order valence-corrected chi connectivity index (χ0v) is 12.1. The lowest BCUT2D eigenvalue weighted by Gasteiger charge is -2.27. The molecule has 1 amide bonds. The molecule has 0 aromatic rings. The maximum atomic E-state index is 11.7. The largest absolute Gasteiger partial charge is 0.466 e. The highest BCUT2D eigenvalue weighted by atomic mass is 16.5. The van der Waals surface area contributed by atoms with Gasteiger partial charge in [0.1, 0.15) is 0 Å². The molecule has 7 heteroatoms. The number of carbonyl (C=O) groups is 3. The average molecular weight is 286 g/mol. The summed E-state index contributed by atoms with van der Waals surface area (Å²) in [5.74, 6) is -0.632. The predicted molar refractivity (Wildman–Crippen MR) is 70.4 cm³/mol. The second-order valence-electron chi connectivity index (χ2n) is 4.33. The monoisotopic (exact) mass is 286 g/mol. The third kappa shape index (κ3) is 5.16. The third-order valence-corrected chi connectivity index (χ3v) is 2.93. The molecule has 0 aliphatic carbocycles. The quantitative estimate of drug-likeness (QED) is 0.599. The number of esters is 2. The summed E-state index contributed by atoms with van der Waals surface area (Å²) in [4.78, 5) is 34.4. The van der Waals surface area contributed by atoms with Crippen LogP contribution in [0.3, 0.4) is 0 Å². The van der Waals surface area contributed by atoms with E-state index in [-0.39, 0.29) is 30.7 Å². The Morgan fingerprint density at radius 2 is 1.60 bits per heavy atom. The lowest BCUT2D eigenvalue weighted by atomic mass is 10.4. The van der Waals surface area contributed by atoms with Gasteiger partial charge in [0, 0.05) is 26.1 Å². The molecule has 0 saturated carbocycles. The van der Waals surface area contributed by atoms with Gasteiger partial charge in [-0.2, -0.15) is 0 Å². The Labute approximate surface area is 118 Å². The van der Waals surface area contributed by atoms with Crippen LogP contribution in [0.5, 0.6) is 0 Å². The van der Waals surface area contributed by atoms with Crippen LogP contribution < -0.4 is 0 Å². The minimum Gasteiger partial charge on any atom is -0.466 e. The number of hydrogen-bond acceptors (Lipinski definition) is 6. The molecule has 1 aliphatic rings. The van der Waals surface area contributed by atoms with Gasteiger partial charge in [-0.05, 0) is 13.8 Å². The third-order valence-electron chi connectivity index (χ3n) is 2.93. The van der Waals surface area contributed by atoms with E-state index in [2.05, 4.69) is 0 Å². The van der Waals surface area contributed by atoms with Crippen LogP contribution in [0.15, 0.2) is 0 Å². The SMILES string of the molecule is CCOC(=O)CCN1CCC(=O)N1CCC(=O)OCC. The zero-order chi connectivity index (χ0) is 15.0. The van der Waals surface area contributed by atoms with Crippen LogP contribution in [-0.4, -0.2) is 60.7 Å². The van der Waals surface area contributed by atoms with E-state index in [9.17, 15) is 14.4 Å². The summed E-state index contributed by atoms with van der Waals surface area (Å²) in [6, 6.07) is 0. The summed E-state index contributed by atoms with van der Waals surface area (Å²) in [7, 11) is 0. The Morgan fingerprint density at radius 3 is 2.15 bits per heavy atom. The number of hydrogen-bond donors (Lipinski definition) is 0. The summed E-state index contributed by atoms with van der Waals surface area (Å²) in [5, 5.41) is 3.31. The molecule has 0 N–H and O–H groups in total. The molecule has 0 bridgehead atoms. The predicted octanol–water partition coefficient (Wildman–Crippen LogP) is 0.342. The normalized spacial score (nSPS) is 15.5. The summed E-state index contributed by atoms with van der Waals surface area (Å²) in [6.45, 7) is 5.46. The van der Waals surface area contributed by atoms with E-state index < -0.39 is 0 Å². The molecule has 1 heterocycles. The van der Waals surface area contributed by atoms with Crippen molar-refractivity contribution in [2.45, 2.75) is 33.1 Å². The van der Waals surface area contributed by atoms with Crippen molar-refractivity contribution in [2.24, 2.45) is 0 Å². The lowest BCUT2D eigenvalue weighted by Crippen LogP contribution is -2.41. The standard InChI is InChI=1S/C13H22N2O5/c1-3-19-12(17)6-9-14-8-5-11(16)15(14)10-7-13(18)20-4-2/h3-10H2,1-2H3. The Kier molecular flexibility index (Phi) is 7.00. The zero-order valence-electron chi connectivity index (χ0n) is 12.1. The van der Waals surface area contributed by atoms with Crippen molar-refractivity contribution in [1.82, 2.24) is 10.0 Å². The molecule has 0 spiro atoms. The molecule has 20 heavy (non-hydrogen) atoms. The van der Waals surface area contributed by atoms with E-state index in [0.717, 1.165) is 0 Å². The highest BCUT2D eigenvalue weighted by molar-refractivity contribution is 5.78. The maximum Gasteiger partial charge on any atom is 0.307 e. The van der Waals surface area contributed by atoms with Gasteiger partial charge in [-0.15, -0.1) is 0 Å². The fourth-order valence-electron chi connectivity index (χ4n) is 2.01. The molecule has 114 valence electrons. The molecular formula is C13H22N2O5. The highest BCUT2D eigenvalue weighted by Crippen LogP contribution is 2.13. The first kappa shape index (κ1) is 16.4. The number of amides is 1. The van der Waals surface area contributed by atoms with E-state index in [1.807, 2.05) is 0 Å². The van der Waals surface area contributed by atoms with Crippen LogP contribution in [0.2, 0.25) is 0 Å². The number of ether oxygens (including phenoxy) is 2. The van der Waals surface area contributed by atoms with Gasteiger partial charge in [-0.25, -0.2) is 5.01 Å². The first-order valence-electron chi connectivity index (χ1n) is 6.95. The first-order chi connectivity index (χ1) is 9.58. The minimum atomic E-state index is -0.322. The van der Waals surface area contributed by atoms with Crippen molar-refractivity contribution < 1.29 is 23.9 Å². The molecule has 0 unspecified atom stereocenters. The van der Waals surface area contributed by atoms with Gasteiger partial charge >= 0.3 is 11.9 Å². The summed E-state index contributed by atoms with van der Waals surface area (Å²) in [6.07, 6.45) is 0.804. The Morgan fingerprint density at radius 1 is 1.05 bits per heavy atom. The van der Waals surface area contributed by atoms with Crippen LogP contribution in [0.4, 0.5) is 0 Å². The van der Waals surface area contributed by atoms with Crippen LogP contribution in [0.1, 0.15) is 33.1 Å².